The summed E-state index contributed by atoms with van der Waals surface area (Å²) in [7, 11) is 0. The van der Waals surface area contributed by atoms with E-state index in [1.807, 2.05) is 79.7 Å². The zero-order valence-electron chi connectivity index (χ0n) is 21.8. The molecule has 0 saturated carbocycles. The zero-order valence-corrected chi connectivity index (χ0v) is 21.8. The van der Waals surface area contributed by atoms with E-state index in [1.54, 1.807) is 12.4 Å². The van der Waals surface area contributed by atoms with Crippen LogP contribution in [0.3, 0.4) is 0 Å². The second kappa shape index (κ2) is 8.61. The molecule has 0 spiro atoms. The normalized spacial score (nSPS) is 21.2. The minimum atomic E-state index is -1.26. The topological polar surface area (TPSA) is 156 Å². The van der Waals surface area contributed by atoms with Crippen LogP contribution in [0.1, 0.15) is 17.0 Å². The predicted octanol–water partition coefficient (Wildman–Crippen LogP) is 3.69. The molecule has 2 aliphatic heterocycles. The molecule has 2 aliphatic rings. The maximum atomic E-state index is 5.13. The fraction of sp³-hybridized carbons (Fsp3) is 0.103. The maximum Gasteiger partial charge on any atom is 0.246 e. The summed E-state index contributed by atoms with van der Waals surface area (Å²) in [6.07, 6.45) is 3.48. The average Bonchev–Trinajstić information content (AvgIpc) is 3.73. The van der Waals surface area contributed by atoms with E-state index in [0.29, 0.717) is 35.2 Å². The molecule has 0 aliphatic carbocycles. The van der Waals surface area contributed by atoms with Gasteiger partial charge in [-0.3, -0.25) is 20.6 Å². The lowest BCUT2D eigenvalue weighted by Crippen LogP contribution is -2.61. The molecule has 12 nitrogen and oxygen atoms in total. The number of nitrogens with one attached hydrogen (secondary N) is 6. The summed E-state index contributed by atoms with van der Waals surface area (Å²) in [6, 6.07) is 25.3. The fourth-order valence-corrected chi connectivity index (χ4v) is 5.44. The Labute approximate surface area is 233 Å². The van der Waals surface area contributed by atoms with Crippen LogP contribution in [0.4, 0.5) is 11.9 Å². The van der Waals surface area contributed by atoms with Crippen LogP contribution in [0.25, 0.3) is 22.1 Å². The van der Waals surface area contributed by atoms with E-state index in [0.717, 1.165) is 27.6 Å². The fourth-order valence-electron chi connectivity index (χ4n) is 5.44. The van der Waals surface area contributed by atoms with Gasteiger partial charge in [0.1, 0.15) is 0 Å². The first-order chi connectivity index (χ1) is 20.1. The van der Waals surface area contributed by atoms with Gasteiger partial charge in [-0.05, 0) is 61.0 Å². The standard InChI is InChI=1S/C29H24N12/c1-17-12-13-20-21(16-17)35-25(34-20)37-27-40-28(22-10-4-6-14-30-22)29(41-27,23-11-5-7-15-31-23)39-26(38-28)36-24-32-18-8-2-3-9-19(18)33-24/h2-16H,1H3,(H3,32,33,36,38,39)(H3,34,35,37,40,41). The van der Waals surface area contributed by atoms with Gasteiger partial charge in [0, 0.05) is 12.4 Å². The largest absolute Gasteiger partial charge is 0.324 e. The van der Waals surface area contributed by atoms with Gasteiger partial charge in [-0.1, -0.05) is 30.3 Å². The van der Waals surface area contributed by atoms with Crippen molar-refractivity contribution in [1.82, 2.24) is 40.5 Å². The number of aryl methyl sites for hydroxylation is 1. The molecule has 6 aromatic rings. The molecule has 6 heterocycles. The first-order valence-electron chi connectivity index (χ1n) is 13.1. The third-order valence-electron chi connectivity index (χ3n) is 7.25. The van der Waals surface area contributed by atoms with Gasteiger partial charge in [-0.2, -0.15) is 0 Å². The number of benzene rings is 2. The number of guanidine groups is 2. The molecule has 41 heavy (non-hydrogen) atoms. The molecule has 12 heteroatoms. The summed E-state index contributed by atoms with van der Waals surface area (Å²) >= 11 is 0. The van der Waals surface area contributed by atoms with Gasteiger partial charge in [0.2, 0.25) is 35.1 Å². The number of H-pyrrole nitrogens is 2. The number of fused-ring (bicyclic) bond motifs is 3. The maximum absolute atomic E-state index is 5.13. The summed E-state index contributed by atoms with van der Waals surface area (Å²) in [5, 5.41) is 13.7. The van der Waals surface area contributed by atoms with Crippen LogP contribution < -0.4 is 21.3 Å². The second-order valence-electron chi connectivity index (χ2n) is 9.98. The van der Waals surface area contributed by atoms with Crippen LogP contribution in [0, 0.1) is 6.92 Å². The molecule has 2 atom stereocenters. The highest BCUT2D eigenvalue weighted by atomic mass is 15.5. The van der Waals surface area contributed by atoms with Crippen molar-refractivity contribution in [3.8, 4) is 0 Å². The van der Waals surface area contributed by atoms with Crippen LogP contribution in [0.15, 0.2) is 101 Å². The lowest BCUT2D eigenvalue weighted by atomic mass is 9.88. The summed E-state index contributed by atoms with van der Waals surface area (Å²) in [5.41, 5.74) is 3.60. The number of pyridine rings is 2. The smallest absolute Gasteiger partial charge is 0.246 e. The molecule has 0 fully saturated rings. The van der Waals surface area contributed by atoms with Crippen LogP contribution in [-0.4, -0.2) is 41.8 Å². The van der Waals surface area contributed by atoms with Crippen molar-refractivity contribution in [2.45, 2.75) is 18.2 Å². The first kappa shape index (κ1) is 23.1. The van der Waals surface area contributed by atoms with E-state index in [9.17, 15) is 0 Å². The van der Waals surface area contributed by atoms with E-state index in [-0.39, 0.29) is 0 Å². The summed E-state index contributed by atoms with van der Waals surface area (Å²) < 4.78 is 0. The summed E-state index contributed by atoms with van der Waals surface area (Å²) in [4.78, 5) is 35.7. The van der Waals surface area contributed by atoms with Crippen molar-refractivity contribution in [1.29, 1.82) is 0 Å². The Morgan fingerprint density at radius 2 is 1.24 bits per heavy atom. The predicted molar refractivity (Wildman–Crippen MR) is 157 cm³/mol. The van der Waals surface area contributed by atoms with Gasteiger partial charge in [-0.25, -0.2) is 20.0 Å². The number of anilines is 2. The van der Waals surface area contributed by atoms with E-state index >= 15 is 0 Å². The minimum Gasteiger partial charge on any atom is -0.324 e. The second-order valence-corrected chi connectivity index (χ2v) is 9.98. The number of rotatable bonds is 4. The molecule has 0 bridgehead atoms. The number of nitrogens with zero attached hydrogens (tertiary/aromatic N) is 6. The lowest BCUT2D eigenvalue weighted by Gasteiger charge is -2.35. The zero-order chi connectivity index (χ0) is 27.4. The molecule has 8 rings (SSSR count). The Kier molecular flexibility index (Phi) is 4.86. The van der Waals surface area contributed by atoms with Crippen molar-refractivity contribution >= 4 is 45.9 Å². The number of hydrogen-bond donors (Lipinski definition) is 6. The Hall–Kier alpha value is -5.78. The number of hydrogen-bond acceptors (Lipinski definition) is 10. The number of aromatic amines is 2. The first-order valence-corrected chi connectivity index (χ1v) is 13.1. The van der Waals surface area contributed by atoms with E-state index < -0.39 is 11.3 Å². The van der Waals surface area contributed by atoms with Gasteiger partial charge in [0.25, 0.3) is 0 Å². The molecule has 2 aromatic carbocycles. The Morgan fingerprint density at radius 3 is 1.90 bits per heavy atom. The number of para-hydroxylation sites is 2. The number of aliphatic imine (C=N–C) groups is 2. The van der Waals surface area contributed by atoms with Crippen LogP contribution in [-0.2, 0) is 11.3 Å². The van der Waals surface area contributed by atoms with Crippen LogP contribution in [0.5, 0.6) is 0 Å². The van der Waals surface area contributed by atoms with E-state index in [4.69, 9.17) is 24.9 Å². The summed E-state index contributed by atoms with van der Waals surface area (Å²) in [6.45, 7) is 2.05. The molecule has 0 amide bonds. The van der Waals surface area contributed by atoms with Gasteiger partial charge < -0.3 is 20.6 Å². The van der Waals surface area contributed by atoms with Gasteiger partial charge in [0.05, 0.1) is 33.5 Å². The van der Waals surface area contributed by atoms with E-state index in [1.165, 1.54) is 0 Å². The van der Waals surface area contributed by atoms with Crippen molar-refractivity contribution in [3.63, 3.8) is 0 Å². The molecular weight excluding hydrogens is 516 g/mol. The van der Waals surface area contributed by atoms with Crippen molar-refractivity contribution in [2.75, 3.05) is 10.6 Å². The Bertz CT molecular complexity index is 1940. The third-order valence-corrected chi connectivity index (χ3v) is 7.25. The minimum absolute atomic E-state index is 0.454. The number of imidazole rings is 2. The van der Waals surface area contributed by atoms with E-state index in [2.05, 4.69) is 42.3 Å². The molecule has 2 unspecified atom stereocenters. The van der Waals surface area contributed by atoms with Gasteiger partial charge >= 0.3 is 0 Å². The monoisotopic (exact) mass is 540 g/mol. The number of aromatic nitrogens is 6. The van der Waals surface area contributed by atoms with Gasteiger partial charge in [0.15, 0.2) is 0 Å². The molecule has 0 saturated heterocycles. The van der Waals surface area contributed by atoms with Crippen molar-refractivity contribution < 1.29 is 0 Å². The highest BCUT2D eigenvalue weighted by molar-refractivity contribution is 6.01. The quantitative estimate of drug-likeness (QED) is 0.198. The highest BCUT2D eigenvalue weighted by Gasteiger charge is 2.65. The highest BCUT2D eigenvalue weighted by Crippen LogP contribution is 2.48. The Balaban J connectivity index is 1.25. The molecular formula is C29H24N12. The summed E-state index contributed by atoms with van der Waals surface area (Å²) in [5.74, 6) is 2.00. The molecule has 200 valence electrons. The SMILES string of the molecule is Cc1ccc2nc(NC3=NC4(c5ccccn5)N=C(Nc5nc6ccccc6[nH]5)NC4(c4ccccn4)N3)[nH]c2c1. The average molecular weight is 541 g/mol. The van der Waals surface area contributed by atoms with Crippen molar-refractivity contribution in [2.24, 2.45) is 9.98 Å². The molecule has 4 aromatic heterocycles. The molecule has 6 N–H and O–H groups in total. The van der Waals surface area contributed by atoms with Crippen LogP contribution >= 0.6 is 0 Å². The van der Waals surface area contributed by atoms with Crippen LogP contribution in [0.2, 0.25) is 0 Å². The van der Waals surface area contributed by atoms with Crippen molar-refractivity contribution in [3.05, 3.63) is 108 Å². The molecule has 0 radical (unpaired) electrons. The lowest BCUT2D eigenvalue weighted by molar-refractivity contribution is 0.222. The van der Waals surface area contributed by atoms with Gasteiger partial charge in [-0.15, -0.1) is 0 Å². The Morgan fingerprint density at radius 1 is 0.634 bits per heavy atom. The third kappa shape index (κ3) is 3.61.